The molecule has 6 nitrogen and oxygen atoms in total. The van der Waals surface area contributed by atoms with Gasteiger partial charge in [0.2, 0.25) is 11.8 Å². The summed E-state index contributed by atoms with van der Waals surface area (Å²) in [5.74, 6) is -1.12. The van der Waals surface area contributed by atoms with E-state index in [2.05, 4.69) is 10.6 Å². The van der Waals surface area contributed by atoms with E-state index in [1.807, 2.05) is 0 Å². The average Bonchev–Trinajstić information content (AvgIpc) is 2.75. The second-order valence-electron chi connectivity index (χ2n) is 7.13. The van der Waals surface area contributed by atoms with Gasteiger partial charge in [-0.2, -0.15) is 0 Å². The van der Waals surface area contributed by atoms with E-state index in [0.717, 1.165) is 12.0 Å². The van der Waals surface area contributed by atoms with Gasteiger partial charge in [0.05, 0.1) is 12.3 Å². The Morgan fingerprint density at radius 3 is 2.62 bits per heavy atom. The summed E-state index contributed by atoms with van der Waals surface area (Å²) in [6.45, 7) is 0.955. The number of likely N-dealkylation sites (tertiary alicyclic amines) is 1. The van der Waals surface area contributed by atoms with E-state index in [4.69, 9.17) is 0 Å². The van der Waals surface area contributed by atoms with Gasteiger partial charge in [0.1, 0.15) is 5.82 Å². The number of piperidine rings is 1. The highest BCUT2D eigenvalue weighted by atomic mass is 19.1. The van der Waals surface area contributed by atoms with E-state index in [1.54, 1.807) is 48.3 Å². The molecule has 3 rings (SSSR count). The third-order valence-electron chi connectivity index (χ3n) is 5.03. The quantitative estimate of drug-likeness (QED) is 0.814. The molecule has 0 radical (unpaired) electrons. The van der Waals surface area contributed by atoms with Gasteiger partial charge >= 0.3 is 0 Å². The molecule has 2 N–H and O–H groups in total. The molecule has 152 valence electrons. The molecule has 1 heterocycles. The van der Waals surface area contributed by atoms with Gasteiger partial charge in [-0.1, -0.05) is 18.2 Å². The van der Waals surface area contributed by atoms with E-state index in [1.165, 1.54) is 12.1 Å². The smallest absolute Gasteiger partial charge is 0.251 e. The van der Waals surface area contributed by atoms with Gasteiger partial charge in [0.25, 0.3) is 5.91 Å². The molecule has 7 heteroatoms. The molecular weight excluding hydrogens is 373 g/mol. The molecule has 0 aliphatic carbocycles. The van der Waals surface area contributed by atoms with Gasteiger partial charge < -0.3 is 15.5 Å². The molecule has 1 saturated heterocycles. The first-order chi connectivity index (χ1) is 14.0. The summed E-state index contributed by atoms with van der Waals surface area (Å²) in [5, 5.41) is 5.40. The number of hydrogen-bond donors (Lipinski definition) is 2. The molecule has 2 aromatic carbocycles. The van der Waals surface area contributed by atoms with E-state index in [0.29, 0.717) is 30.8 Å². The number of nitrogens with zero attached hydrogens (tertiary/aromatic N) is 1. The Balaban J connectivity index is 1.59. The molecule has 2 aromatic rings. The largest absolute Gasteiger partial charge is 0.355 e. The fraction of sp³-hybridized carbons (Fsp3) is 0.318. The minimum absolute atomic E-state index is 0.0734. The summed E-state index contributed by atoms with van der Waals surface area (Å²) in [4.78, 5) is 38.7. The van der Waals surface area contributed by atoms with Crippen LogP contribution in [0.25, 0.3) is 0 Å². The molecule has 0 aromatic heterocycles. The van der Waals surface area contributed by atoms with Crippen molar-refractivity contribution in [3.8, 4) is 0 Å². The van der Waals surface area contributed by atoms with E-state index < -0.39 is 0 Å². The summed E-state index contributed by atoms with van der Waals surface area (Å²) in [6.07, 6.45) is 1.62. The molecule has 1 fully saturated rings. The Kier molecular flexibility index (Phi) is 6.59. The lowest BCUT2D eigenvalue weighted by Gasteiger charge is -2.32. The highest BCUT2D eigenvalue weighted by Gasteiger charge is 2.28. The predicted molar refractivity (Wildman–Crippen MR) is 108 cm³/mol. The number of hydrogen-bond acceptors (Lipinski definition) is 3. The predicted octanol–water partition coefficient (Wildman–Crippen LogP) is 2.61. The fourth-order valence-corrected chi connectivity index (χ4v) is 3.43. The van der Waals surface area contributed by atoms with Crippen LogP contribution in [0, 0.1) is 11.7 Å². The van der Waals surface area contributed by atoms with Crippen LogP contribution in [-0.4, -0.2) is 42.8 Å². The third kappa shape index (κ3) is 5.40. The van der Waals surface area contributed by atoms with Gasteiger partial charge in [0, 0.05) is 31.4 Å². The van der Waals surface area contributed by atoms with Gasteiger partial charge in [-0.15, -0.1) is 0 Å². The van der Waals surface area contributed by atoms with Crippen LogP contribution < -0.4 is 10.6 Å². The Morgan fingerprint density at radius 1 is 1.14 bits per heavy atom. The van der Waals surface area contributed by atoms with Crippen LogP contribution in [-0.2, 0) is 16.0 Å². The van der Waals surface area contributed by atoms with Crippen molar-refractivity contribution in [2.24, 2.45) is 5.92 Å². The van der Waals surface area contributed by atoms with Crippen molar-refractivity contribution in [2.75, 3.05) is 25.5 Å². The second-order valence-corrected chi connectivity index (χ2v) is 7.13. The number of carbonyl (C=O) groups is 3. The Morgan fingerprint density at radius 2 is 1.90 bits per heavy atom. The molecule has 0 saturated carbocycles. The van der Waals surface area contributed by atoms with E-state index in [-0.39, 0.29) is 35.9 Å². The van der Waals surface area contributed by atoms with Gasteiger partial charge in [0.15, 0.2) is 0 Å². The van der Waals surface area contributed by atoms with Crippen LogP contribution in [0.15, 0.2) is 48.5 Å². The zero-order chi connectivity index (χ0) is 20.8. The Labute approximate surface area is 169 Å². The van der Waals surface area contributed by atoms with Crippen LogP contribution in [0.5, 0.6) is 0 Å². The lowest BCUT2D eigenvalue weighted by molar-refractivity contribution is -0.133. The maximum Gasteiger partial charge on any atom is 0.251 e. The molecule has 29 heavy (non-hydrogen) atoms. The highest BCUT2D eigenvalue weighted by molar-refractivity contribution is 5.97. The second kappa shape index (κ2) is 9.32. The highest BCUT2D eigenvalue weighted by Crippen LogP contribution is 2.20. The number of carbonyl (C=O) groups excluding carboxylic acids is 3. The van der Waals surface area contributed by atoms with Gasteiger partial charge in [-0.25, -0.2) is 4.39 Å². The monoisotopic (exact) mass is 397 g/mol. The third-order valence-corrected chi connectivity index (χ3v) is 5.03. The summed E-state index contributed by atoms with van der Waals surface area (Å²) >= 11 is 0. The van der Waals surface area contributed by atoms with Crippen molar-refractivity contribution < 1.29 is 18.8 Å². The van der Waals surface area contributed by atoms with Crippen LogP contribution >= 0.6 is 0 Å². The zero-order valence-electron chi connectivity index (χ0n) is 16.3. The molecule has 1 atom stereocenters. The zero-order valence-corrected chi connectivity index (χ0v) is 16.3. The maximum absolute atomic E-state index is 13.0. The Bertz CT molecular complexity index is 898. The molecular formula is C22H24FN3O3. The normalized spacial score (nSPS) is 16.2. The topological polar surface area (TPSA) is 78.5 Å². The van der Waals surface area contributed by atoms with Crippen LogP contribution in [0.3, 0.4) is 0 Å². The molecule has 0 spiro atoms. The first-order valence-electron chi connectivity index (χ1n) is 9.61. The van der Waals surface area contributed by atoms with E-state index >= 15 is 0 Å². The minimum atomic E-state index is -0.337. The van der Waals surface area contributed by atoms with Gasteiger partial charge in [-0.05, 0) is 48.7 Å². The minimum Gasteiger partial charge on any atom is -0.355 e. The standard InChI is InChI=1S/C22H24FN3O3/c1-24-21(28)16-4-2-6-19(13-16)25-22(29)17-5-3-11-26(14-17)20(27)12-15-7-9-18(23)10-8-15/h2,4,6-10,13,17H,3,5,11-12,14H2,1H3,(H,24,28)(H,25,29). The summed E-state index contributed by atoms with van der Waals surface area (Å²) in [5.41, 5.74) is 1.75. The molecule has 1 aliphatic heterocycles. The van der Waals surface area contributed by atoms with Crippen molar-refractivity contribution in [2.45, 2.75) is 19.3 Å². The van der Waals surface area contributed by atoms with E-state index in [9.17, 15) is 18.8 Å². The van der Waals surface area contributed by atoms with Crippen LogP contribution in [0.4, 0.5) is 10.1 Å². The first-order valence-corrected chi connectivity index (χ1v) is 9.61. The number of rotatable bonds is 5. The summed E-state index contributed by atoms with van der Waals surface area (Å²) < 4.78 is 13.0. The number of amides is 3. The fourth-order valence-electron chi connectivity index (χ4n) is 3.43. The number of anilines is 1. The SMILES string of the molecule is CNC(=O)c1cccc(NC(=O)C2CCCN(C(=O)Cc3ccc(F)cc3)C2)c1. The maximum atomic E-state index is 13.0. The number of halogens is 1. The molecule has 1 aliphatic rings. The van der Waals surface area contributed by atoms with Gasteiger partial charge in [-0.3, -0.25) is 14.4 Å². The summed E-state index contributed by atoms with van der Waals surface area (Å²) in [7, 11) is 1.55. The van der Waals surface area contributed by atoms with Crippen LogP contribution in [0.2, 0.25) is 0 Å². The molecule has 3 amide bonds. The van der Waals surface area contributed by atoms with Crippen molar-refractivity contribution in [3.63, 3.8) is 0 Å². The number of benzene rings is 2. The van der Waals surface area contributed by atoms with Crippen molar-refractivity contribution in [1.82, 2.24) is 10.2 Å². The molecule has 1 unspecified atom stereocenters. The lowest BCUT2D eigenvalue weighted by Crippen LogP contribution is -2.44. The van der Waals surface area contributed by atoms with Crippen LogP contribution in [0.1, 0.15) is 28.8 Å². The van der Waals surface area contributed by atoms with Crippen molar-refractivity contribution in [1.29, 1.82) is 0 Å². The van der Waals surface area contributed by atoms with Crippen molar-refractivity contribution in [3.05, 3.63) is 65.5 Å². The first kappa shape index (κ1) is 20.5. The molecule has 0 bridgehead atoms. The Hall–Kier alpha value is -3.22. The van der Waals surface area contributed by atoms with Crippen molar-refractivity contribution >= 4 is 23.4 Å². The summed E-state index contributed by atoms with van der Waals surface area (Å²) in [6, 6.07) is 12.6. The lowest BCUT2D eigenvalue weighted by atomic mass is 9.96. The average molecular weight is 397 g/mol. The number of nitrogens with one attached hydrogen (secondary N) is 2.